The molecule has 2 aromatic rings. The van der Waals surface area contributed by atoms with Crippen LogP contribution >= 0.6 is 15.9 Å². The van der Waals surface area contributed by atoms with Gasteiger partial charge in [-0.1, -0.05) is 15.9 Å². The van der Waals surface area contributed by atoms with Crippen molar-refractivity contribution in [2.75, 3.05) is 18.4 Å². The van der Waals surface area contributed by atoms with E-state index in [0.717, 1.165) is 22.9 Å². The third-order valence-corrected chi connectivity index (χ3v) is 5.48. The Morgan fingerprint density at radius 3 is 2.54 bits per heavy atom. The Bertz CT molecular complexity index is 958. The largest absolute Gasteiger partial charge is 0.419 e. The minimum atomic E-state index is -4.55. The fourth-order valence-corrected chi connectivity index (χ4v) is 3.78. The lowest BCUT2D eigenvalue weighted by molar-refractivity contribution is -0.138. The Labute approximate surface area is 166 Å². The van der Waals surface area contributed by atoms with E-state index in [1.165, 1.54) is 4.90 Å². The number of hydrogen-bond donors (Lipinski definition) is 1. The van der Waals surface area contributed by atoms with E-state index in [2.05, 4.69) is 31.2 Å². The van der Waals surface area contributed by atoms with E-state index in [4.69, 9.17) is 0 Å². The van der Waals surface area contributed by atoms with E-state index in [0.29, 0.717) is 24.5 Å². The van der Waals surface area contributed by atoms with Crippen molar-refractivity contribution < 1.29 is 22.8 Å². The van der Waals surface area contributed by atoms with Crippen LogP contribution in [0.1, 0.15) is 34.3 Å². The molecule has 4 rings (SSSR count). The first-order chi connectivity index (χ1) is 13.2. The number of amides is 2. The van der Waals surface area contributed by atoms with Crippen molar-refractivity contribution in [3.05, 3.63) is 51.8 Å². The van der Waals surface area contributed by atoms with E-state index in [1.54, 1.807) is 12.1 Å². The summed E-state index contributed by atoms with van der Waals surface area (Å²) in [4.78, 5) is 33.5. The number of halogens is 4. The van der Waals surface area contributed by atoms with Gasteiger partial charge in [-0.2, -0.15) is 13.2 Å². The third kappa shape index (κ3) is 3.48. The molecule has 1 aromatic heterocycles. The van der Waals surface area contributed by atoms with Gasteiger partial charge in [-0.25, -0.2) is 9.97 Å². The minimum Gasteiger partial charge on any atom is -0.328 e. The van der Waals surface area contributed by atoms with Gasteiger partial charge in [-0.15, -0.1) is 0 Å². The molecule has 1 N–H and O–H groups in total. The lowest BCUT2D eigenvalue weighted by Crippen LogP contribution is -2.46. The molecule has 0 saturated heterocycles. The Morgan fingerprint density at radius 1 is 1.25 bits per heavy atom. The minimum absolute atomic E-state index is 0.127. The van der Waals surface area contributed by atoms with Gasteiger partial charge in [-0.05, 0) is 36.6 Å². The predicted octanol–water partition coefficient (Wildman–Crippen LogP) is 3.38. The molecule has 1 spiro atoms. The highest BCUT2D eigenvalue weighted by molar-refractivity contribution is 9.10. The molecule has 1 aliphatic heterocycles. The van der Waals surface area contributed by atoms with Crippen molar-refractivity contribution in [3.8, 4) is 0 Å². The standard InChI is InChI=1S/C18H14BrF3N4O2/c19-11-1-2-12-13(5-11)17(3-4-17)9-26(15(12)28)8-14(27)25-16-23-6-10(7-24-16)18(20,21)22/h1-2,5-7H,3-4,8-9H2,(H,23,24,25,27). The first-order valence-electron chi connectivity index (χ1n) is 8.46. The van der Waals surface area contributed by atoms with Gasteiger partial charge in [0.1, 0.15) is 6.54 Å². The van der Waals surface area contributed by atoms with Crippen molar-refractivity contribution in [1.82, 2.24) is 14.9 Å². The molecule has 2 aliphatic rings. The second-order valence-corrected chi connectivity index (χ2v) is 7.89. The van der Waals surface area contributed by atoms with Crippen molar-refractivity contribution >= 4 is 33.7 Å². The number of nitrogens with one attached hydrogen (secondary N) is 1. The van der Waals surface area contributed by atoms with Gasteiger partial charge in [-0.3, -0.25) is 14.9 Å². The topological polar surface area (TPSA) is 75.2 Å². The summed E-state index contributed by atoms with van der Waals surface area (Å²) in [5.74, 6) is -1.05. The van der Waals surface area contributed by atoms with E-state index >= 15 is 0 Å². The average Bonchev–Trinajstić information content (AvgIpc) is 3.39. The van der Waals surface area contributed by atoms with Crippen LogP contribution in [0.2, 0.25) is 0 Å². The molecule has 0 unspecified atom stereocenters. The Morgan fingerprint density at radius 2 is 1.93 bits per heavy atom. The first kappa shape index (κ1) is 18.9. The smallest absolute Gasteiger partial charge is 0.328 e. The summed E-state index contributed by atoms with van der Waals surface area (Å²) in [6.45, 7) is 0.205. The highest BCUT2D eigenvalue weighted by Gasteiger charge is 2.51. The lowest BCUT2D eigenvalue weighted by atomic mass is 9.86. The number of carbonyl (C=O) groups is 2. The number of anilines is 1. The first-order valence-corrected chi connectivity index (χ1v) is 9.26. The average molecular weight is 455 g/mol. The molecule has 0 atom stereocenters. The van der Waals surface area contributed by atoms with Crippen LogP contribution < -0.4 is 5.32 Å². The number of hydrogen-bond acceptors (Lipinski definition) is 4. The van der Waals surface area contributed by atoms with Crippen LogP contribution in [0.4, 0.5) is 19.1 Å². The summed E-state index contributed by atoms with van der Waals surface area (Å²) in [6, 6.07) is 5.48. The SMILES string of the molecule is O=C(CN1CC2(CC2)c2cc(Br)ccc2C1=O)Nc1ncc(C(F)(F)F)cn1. The van der Waals surface area contributed by atoms with Gasteiger partial charge < -0.3 is 4.90 Å². The maximum atomic E-state index is 12.8. The molecule has 2 heterocycles. The molecule has 0 radical (unpaired) electrons. The molecule has 2 amide bonds. The monoisotopic (exact) mass is 454 g/mol. The van der Waals surface area contributed by atoms with Crippen LogP contribution in [0.15, 0.2) is 35.1 Å². The van der Waals surface area contributed by atoms with Crippen molar-refractivity contribution in [2.24, 2.45) is 0 Å². The van der Waals surface area contributed by atoms with Gasteiger partial charge in [0.2, 0.25) is 11.9 Å². The molecule has 28 heavy (non-hydrogen) atoms. The summed E-state index contributed by atoms with van der Waals surface area (Å²) in [5.41, 5.74) is 0.438. The molecule has 1 aromatic carbocycles. The van der Waals surface area contributed by atoms with Crippen molar-refractivity contribution in [1.29, 1.82) is 0 Å². The molecule has 146 valence electrons. The molecular formula is C18H14BrF3N4O2. The van der Waals surface area contributed by atoms with Gasteiger partial charge in [0, 0.05) is 34.4 Å². The normalized spacial score (nSPS) is 17.4. The number of aromatic nitrogens is 2. The highest BCUT2D eigenvalue weighted by atomic mass is 79.9. The Kier molecular flexibility index (Phi) is 4.40. The van der Waals surface area contributed by atoms with Crippen molar-refractivity contribution in [2.45, 2.75) is 24.4 Å². The van der Waals surface area contributed by atoms with E-state index in [9.17, 15) is 22.8 Å². The van der Waals surface area contributed by atoms with Gasteiger partial charge >= 0.3 is 6.18 Å². The van der Waals surface area contributed by atoms with Crippen LogP contribution in [0, 0.1) is 0 Å². The van der Waals surface area contributed by atoms with Crippen LogP contribution in [0.25, 0.3) is 0 Å². The molecule has 6 nitrogen and oxygen atoms in total. The summed E-state index contributed by atoms with van der Waals surface area (Å²) in [6.07, 6.45) is -1.48. The zero-order valence-corrected chi connectivity index (χ0v) is 16.0. The summed E-state index contributed by atoms with van der Waals surface area (Å²) >= 11 is 3.43. The molecule has 0 bridgehead atoms. The quantitative estimate of drug-likeness (QED) is 0.771. The van der Waals surface area contributed by atoms with Gasteiger partial charge in [0.15, 0.2) is 0 Å². The second kappa shape index (κ2) is 6.54. The molecular weight excluding hydrogens is 441 g/mol. The summed E-state index contributed by atoms with van der Waals surface area (Å²) in [7, 11) is 0. The molecule has 1 aliphatic carbocycles. The molecule has 1 saturated carbocycles. The number of carbonyl (C=O) groups excluding carboxylic acids is 2. The van der Waals surface area contributed by atoms with Crippen LogP contribution in [0.5, 0.6) is 0 Å². The van der Waals surface area contributed by atoms with Crippen LogP contribution in [-0.4, -0.2) is 39.8 Å². The van der Waals surface area contributed by atoms with E-state index in [1.807, 2.05) is 6.07 Å². The maximum Gasteiger partial charge on any atom is 0.419 e. The fraction of sp³-hybridized carbons (Fsp3) is 0.333. The number of fused-ring (bicyclic) bond motifs is 2. The summed E-state index contributed by atoms with van der Waals surface area (Å²) in [5, 5.41) is 2.34. The Hall–Kier alpha value is -2.49. The predicted molar refractivity (Wildman–Crippen MR) is 96.6 cm³/mol. The van der Waals surface area contributed by atoms with Crippen LogP contribution in [-0.2, 0) is 16.4 Å². The number of benzene rings is 1. The molecule has 10 heteroatoms. The number of alkyl halides is 3. The Balaban J connectivity index is 1.47. The molecule has 1 fully saturated rings. The summed E-state index contributed by atoms with van der Waals surface area (Å²) < 4.78 is 38.5. The lowest BCUT2D eigenvalue weighted by Gasteiger charge is -2.34. The zero-order valence-electron chi connectivity index (χ0n) is 14.4. The third-order valence-electron chi connectivity index (χ3n) is 4.98. The van der Waals surface area contributed by atoms with E-state index < -0.39 is 17.6 Å². The van der Waals surface area contributed by atoms with E-state index in [-0.39, 0.29) is 23.8 Å². The zero-order chi connectivity index (χ0) is 20.1. The van der Waals surface area contributed by atoms with Gasteiger partial charge in [0.25, 0.3) is 5.91 Å². The highest BCUT2D eigenvalue weighted by Crippen LogP contribution is 2.52. The van der Waals surface area contributed by atoms with Crippen LogP contribution in [0.3, 0.4) is 0 Å². The van der Waals surface area contributed by atoms with Gasteiger partial charge in [0.05, 0.1) is 5.56 Å². The van der Waals surface area contributed by atoms with Crippen molar-refractivity contribution in [3.63, 3.8) is 0 Å². The number of rotatable bonds is 3. The fourth-order valence-electron chi connectivity index (χ4n) is 3.42. The number of nitrogens with zero attached hydrogens (tertiary/aromatic N) is 3. The maximum absolute atomic E-state index is 12.8. The second-order valence-electron chi connectivity index (χ2n) is 6.97.